The molecule has 0 bridgehead atoms. The zero-order valence-corrected chi connectivity index (χ0v) is 36.5. The Kier molecular flexibility index (Phi) is 14.2. The Balaban J connectivity index is 7.07. The second kappa shape index (κ2) is 12.1. The molecule has 0 rings (SSSR count). The van der Waals surface area contributed by atoms with Crippen LogP contribution in [0, 0.1) is 5.41 Å². The number of hydrogen-bond donors (Lipinski definition) is 0. The molecule has 198 valence electrons. The van der Waals surface area contributed by atoms with Gasteiger partial charge in [0.15, 0.2) is 7.85 Å². The Hall–Kier alpha value is 5.64. The van der Waals surface area contributed by atoms with Gasteiger partial charge in [0.2, 0.25) is 0 Å². The first-order chi connectivity index (χ1) is 14.0. The lowest BCUT2D eigenvalue weighted by Gasteiger charge is -2.66. The van der Waals surface area contributed by atoms with Gasteiger partial charge in [0.05, 0.1) is 16.2 Å². The Bertz CT molecular complexity index is 695. The molecule has 1 nitrogen and oxygen atoms in total. The van der Waals surface area contributed by atoms with Gasteiger partial charge in [-0.25, -0.2) is 4.39 Å². The van der Waals surface area contributed by atoms with E-state index in [0.29, 0.717) is 0 Å². The van der Waals surface area contributed by atoms with E-state index < -0.39 is 42.7 Å². The van der Waals surface area contributed by atoms with Crippen LogP contribution < -0.4 is 0 Å². The molecule has 0 aliphatic rings. The molecular weight excluding hydrogens is 831 g/mol. The molecule has 16 heteroatoms. The van der Waals surface area contributed by atoms with E-state index in [1.165, 1.54) is 7.85 Å². The fraction of sp³-hybridized carbons (Fsp3) is 1.00. The van der Waals surface area contributed by atoms with Gasteiger partial charge in [-0.1, -0.05) is 72.9 Å². The maximum atomic E-state index is 17.6. The van der Waals surface area contributed by atoms with Gasteiger partial charge in [0.25, 0.3) is 0 Å². The van der Waals surface area contributed by atoms with Crippen LogP contribution in [-0.2, 0) is 0 Å². The normalized spacial score (nSPS) is 22.3. The van der Waals surface area contributed by atoms with Crippen LogP contribution in [-0.4, -0.2) is 63.6 Å². The van der Waals surface area contributed by atoms with Crippen LogP contribution in [0.2, 0.25) is 0 Å². The summed E-state index contributed by atoms with van der Waals surface area (Å²) in [6.07, 6.45) is 0.989. The van der Waals surface area contributed by atoms with E-state index >= 15 is 8.78 Å². The Morgan fingerprint density at radius 1 is 0.758 bits per heavy atom. The molecule has 0 saturated carbocycles. The summed E-state index contributed by atoms with van der Waals surface area (Å²) < 4.78 is 32.9. The highest BCUT2D eigenvalue weighted by atomic mass is 127. The summed E-state index contributed by atoms with van der Waals surface area (Å²) in [5.41, 5.74) is -4.84. The van der Waals surface area contributed by atoms with E-state index in [0.717, 1.165) is 13.0 Å². The largest absolute Gasteiger partial charge is 0.293 e. The van der Waals surface area contributed by atoms with Gasteiger partial charge in [-0.3, -0.25) is 9.29 Å². The van der Waals surface area contributed by atoms with Crippen LogP contribution >= 0.6 is 138 Å². The zero-order chi connectivity index (χ0) is 27.5. The van der Waals surface area contributed by atoms with E-state index in [-0.39, 0.29) is 0 Å². The molecule has 0 N–H and O–H groups in total. The lowest BCUT2D eigenvalue weighted by Crippen LogP contribution is -2.75. The van der Waals surface area contributed by atoms with Crippen molar-refractivity contribution in [3.63, 3.8) is 0 Å². The van der Waals surface area contributed by atoms with Crippen LogP contribution in [0.15, 0.2) is 0 Å². The molecular formula is C17H44BF2I2NP10. The molecule has 33 heavy (non-hydrogen) atoms. The minimum Gasteiger partial charge on any atom is -0.293 e. The molecule has 0 fully saturated rings. The van der Waals surface area contributed by atoms with Crippen LogP contribution in [0.25, 0.3) is 0 Å². The van der Waals surface area contributed by atoms with Crippen molar-refractivity contribution in [2.75, 3.05) is 13.6 Å². The van der Waals surface area contributed by atoms with E-state index in [2.05, 4.69) is 156 Å². The lowest BCUT2D eigenvalue weighted by molar-refractivity contribution is -0.0210. The fourth-order valence-corrected chi connectivity index (χ4v) is 15.5. The maximum absolute atomic E-state index is 17.6. The number of rotatable bonds is 10. The minimum absolute atomic E-state index is 0.509. The summed E-state index contributed by atoms with van der Waals surface area (Å²) >= 11 is 4.27. The summed E-state index contributed by atoms with van der Waals surface area (Å²) in [7, 11) is 31.5. The molecule has 0 aromatic heterocycles. The molecule has 0 amide bonds. The third-order valence-corrected chi connectivity index (χ3v) is 22.9. The van der Waals surface area contributed by atoms with Crippen LogP contribution in [0.4, 0.5) is 8.78 Å². The fourth-order valence-electron chi connectivity index (χ4n) is 4.24. The Morgan fingerprint density at radius 2 is 1.12 bits per heavy atom. The molecule has 0 spiro atoms. The van der Waals surface area contributed by atoms with Gasteiger partial charge in [0.1, 0.15) is 11.2 Å². The van der Waals surface area contributed by atoms with E-state index in [9.17, 15) is 0 Å². The summed E-state index contributed by atoms with van der Waals surface area (Å²) in [4.78, 5) is -0.796. The highest BCUT2D eigenvalue weighted by molar-refractivity contribution is 14.1. The van der Waals surface area contributed by atoms with Crippen LogP contribution in [0.1, 0.15) is 41.0 Å². The van der Waals surface area contributed by atoms with Gasteiger partial charge in [-0.2, -0.15) is 0 Å². The smallest absolute Gasteiger partial charge is 0.154 e. The van der Waals surface area contributed by atoms with Crippen molar-refractivity contribution in [1.82, 2.24) is 4.90 Å². The molecule has 0 aromatic carbocycles. The van der Waals surface area contributed by atoms with Gasteiger partial charge in [0, 0.05) is 9.79 Å². The third kappa shape index (κ3) is 6.37. The highest BCUT2D eigenvalue weighted by Crippen LogP contribution is 2.75. The number of nitrogens with zero attached hydrogens (tertiary/aromatic N) is 1. The predicted octanol–water partition coefficient (Wildman–Crippen LogP) is 6.16. The Morgan fingerprint density at radius 3 is 1.39 bits per heavy atom. The van der Waals surface area contributed by atoms with E-state index in [1.54, 1.807) is 6.92 Å². The number of hydrogen-bond acceptors (Lipinski definition) is 1. The molecule has 14 atom stereocenters. The van der Waals surface area contributed by atoms with Gasteiger partial charge < -0.3 is 0 Å². The van der Waals surface area contributed by atoms with E-state index in [4.69, 9.17) is 0 Å². The Labute approximate surface area is 254 Å². The zero-order valence-electron chi connectivity index (χ0n) is 20.6. The van der Waals surface area contributed by atoms with Crippen LogP contribution in [0.3, 0.4) is 0 Å². The molecule has 0 heterocycles. The summed E-state index contributed by atoms with van der Waals surface area (Å²) in [5.74, 6) is 0. The van der Waals surface area contributed by atoms with Crippen molar-refractivity contribution >= 4 is 145 Å². The summed E-state index contributed by atoms with van der Waals surface area (Å²) in [5, 5.41) is -0.509. The molecule has 0 saturated heterocycles. The lowest BCUT2D eigenvalue weighted by atomic mass is 9.62. The summed E-state index contributed by atoms with van der Waals surface area (Å²) in [6, 6.07) is 0. The van der Waals surface area contributed by atoms with Crippen molar-refractivity contribution in [1.29, 1.82) is 0 Å². The topological polar surface area (TPSA) is 3.24 Å². The third-order valence-electron chi connectivity index (χ3n) is 6.88. The van der Waals surface area contributed by atoms with Crippen molar-refractivity contribution < 1.29 is 8.78 Å². The summed E-state index contributed by atoms with van der Waals surface area (Å²) in [6.45, 7) is 10.3. The van der Waals surface area contributed by atoms with Gasteiger partial charge >= 0.3 is 0 Å². The van der Waals surface area contributed by atoms with Crippen LogP contribution in [0.5, 0.6) is 0 Å². The van der Waals surface area contributed by atoms with Crippen molar-refractivity contribution in [3.05, 3.63) is 0 Å². The first-order valence-electron chi connectivity index (χ1n) is 10.3. The van der Waals surface area contributed by atoms with Crippen molar-refractivity contribution in [2.45, 2.75) is 78.3 Å². The molecule has 0 radical (unpaired) electrons. The molecule has 0 aliphatic heterocycles. The highest BCUT2D eigenvalue weighted by Gasteiger charge is 2.75. The molecule has 0 aliphatic carbocycles. The first-order valence-corrected chi connectivity index (χ1v) is 18.3. The minimum atomic E-state index is -2.04. The second-order valence-electron chi connectivity index (χ2n) is 10.6. The van der Waals surface area contributed by atoms with Crippen molar-refractivity contribution in [2.24, 2.45) is 5.41 Å². The number of alkyl halides is 4. The maximum Gasteiger partial charge on any atom is 0.154 e. The predicted molar refractivity (Wildman–Crippen MR) is 206 cm³/mol. The SMILES string of the molecule is BC(F)(C(P)(P)C(F)(C(C)(C)C)C(C)(P)I)C(P)(I)C(P)(P)C(P)(P)C(P)(P)N(C)CCC. The average Bonchev–Trinajstić information content (AvgIpc) is 2.57. The quantitative estimate of drug-likeness (QED) is 0.110. The average molecular weight is 875 g/mol. The van der Waals surface area contributed by atoms with Gasteiger partial charge in [-0.05, 0) is 32.4 Å². The monoisotopic (exact) mass is 875 g/mol. The van der Waals surface area contributed by atoms with Gasteiger partial charge in [-0.15, -0.1) is 92.4 Å². The second-order valence-corrected chi connectivity index (χ2v) is 28.8. The van der Waals surface area contributed by atoms with E-state index in [1.807, 2.05) is 20.8 Å². The van der Waals surface area contributed by atoms with Crippen molar-refractivity contribution in [3.8, 4) is 0 Å². The first kappa shape index (κ1) is 38.6. The number of halogens is 4. The molecule has 0 aromatic rings. The molecule has 14 unspecified atom stereocenters. The standard InChI is InChI=1S/C17H44BF2I2NP10/c1-7-8-23(6)17(32,33)16(30,31)15(28,29)13(22,25)12(18,20)14(26,27)11(19,9(2,3)4)10(5,21)24/h7-8,18,24-33H2,1-6H3.